The van der Waals surface area contributed by atoms with Crippen LogP contribution in [-0.2, 0) is 59.4 Å². The molecule has 3 heterocycles. The van der Waals surface area contributed by atoms with Crippen molar-refractivity contribution in [1.29, 1.82) is 0 Å². The average Bonchev–Trinajstić information content (AvgIpc) is 2.93. The summed E-state index contributed by atoms with van der Waals surface area (Å²) < 4.78 is 5.76. The Hall–Kier alpha value is -2.75. The SMILES string of the molecule is [Ir].[Y].[c-]1cccc2ccc3cccnc3c12.[c-]1ccccc1-c1[c-]c2c(nc1)-c1[c-]cccc1CO2. The predicted molar refractivity (Wildman–Crippen MR) is 134 cm³/mol. The smallest absolute Gasteiger partial charge is 0.0781 e. The van der Waals surface area contributed by atoms with Gasteiger partial charge in [0.15, 0.2) is 0 Å². The van der Waals surface area contributed by atoms with Crippen molar-refractivity contribution >= 4 is 21.7 Å². The molecule has 36 heavy (non-hydrogen) atoms. The van der Waals surface area contributed by atoms with Crippen LogP contribution in [0.3, 0.4) is 0 Å². The number of pyridine rings is 2. The van der Waals surface area contributed by atoms with Crippen molar-refractivity contribution in [3.05, 3.63) is 127 Å². The zero-order valence-corrected chi connectivity index (χ0v) is 24.4. The Labute approximate surface area is 249 Å². The second kappa shape index (κ2) is 12.0. The Morgan fingerprint density at radius 1 is 0.722 bits per heavy atom. The van der Waals surface area contributed by atoms with Gasteiger partial charge in [-0.3, -0.25) is 0 Å². The zero-order chi connectivity index (χ0) is 22.7. The molecule has 0 N–H and O–H groups in total. The fourth-order valence-corrected chi connectivity index (χ4v) is 4.08. The molecule has 1 aliphatic heterocycles. The average molecular weight is 716 g/mol. The van der Waals surface area contributed by atoms with Crippen LogP contribution < -0.4 is 4.74 Å². The third-order valence-corrected chi connectivity index (χ3v) is 5.74. The molecule has 7 rings (SSSR count). The van der Waals surface area contributed by atoms with Gasteiger partial charge in [0.2, 0.25) is 0 Å². The molecule has 4 aromatic carbocycles. The van der Waals surface area contributed by atoms with E-state index in [1.165, 1.54) is 10.8 Å². The van der Waals surface area contributed by atoms with Crippen LogP contribution in [0.5, 0.6) is 5.75 Å². The van der Waals surface area contributed by atoms with Gasteiger partial charge in [-0.15, -0.1) is 77.0 Å². The van der Waals surface area contributed by atoms with E-state index < -0.39 is 0 Å². The molecule has 0 spiro atoms. The van der Waals surface area contributed by atoms with E-state index >= 15 is 0 Å². The maximum Gasteiger partial charge on any atom is 0.0781 e. The fourth-order valence-electron chi connectivity index (χ4n) is 4.08. The summed E-state index contributed by atoms with van der Waals surface area (Å²) >= 11 is 0. The molecule has 0 saturated heterocycles. The van der Waals surface area contributed by atoms with E-state index in [1.54, 1.807) is 0 Å². The summed E-state index contributed by atoms with van der Waals surface area (Å²) in [4.78, 5) is 8.91. The molecule has 0 bridgehead atoms. The number of aromatic nitrogens is 2. The van der Waals surface area contributed by atoms with Gasteiger partial charge in [0, 0.05) is 64.7 Å². The van der Waals surface area contributed by atoms with Crippen LogP contribution in [0, 0.1) is 24.3 Å². The largest absolute Gasteiger partial charge is 0.516 e. The maximum atomic E-state index is 5.76. The van der Waals surface area contributed by atoms with E-state index in [0.29, 0.717) is 12.4 Å². The number of benzene rings is 4. The minimum atomic E-state index is 0. The number of fused-ring (bicyclic) bond motifs is 6. The Bertz CT molecular complexity index is 1570. The van der Waals surface area contributed by atoms with Gasteiger partial charge < -0.3 is 14.7 Å². The van der Waals surface area contributed by atoms with Crippen LogP contribution in [0.1, 0.15) is 5.56 Å². The van der Waals surface area contributed by atoms with Crippen molar-refractivity contribution in [1.82, 2.24) is 9.97 Å². The summed E-state index contributed by atoms with van der Waals surface area (Å²) in [6, 6.07) is 40.8. The van der Waals surface area contributed by atoms with Gasteiger partial charge in [-0.2, -0.15) is 24.3 Å². The van der Waals surface area contributed by atoms with Gasteiger partial charge in [-0.05, 0) is 17.0 Å². The summed E-state index contributed by atoms with van der Waals surface area (Å²) in [5, 5.41) is 3.46. The van der Waals surface area contributed by atoms with Crippen LogP contribution in [-0.4, -0.2) is 9.97 Å². The summed E-state index contributed by atoms with van der Waals surface area (Å²) in [5.74, 6) is 0.690. The molecule has 2 radical (unpaired) electrons. The number of rotatable bonds is 1. The molecular formula is C31H18IrN2OY-4. The van der Waals surface area contributed by atoms with Gasteiger partial charge in [-0.1, -0.05) is 30.0 Å². The maximum absolute atomic E-state index is 5.76. The monoisotopic (exact) mass is 716 g/mol. The van der Waals surface area contributed by atoms with Crippen molar-refractivity contribution < 1.29 is 57.6 Å². The molecule has 0 unspecified atom stereocenters. The number of hydrogen-bond donors (Lipinski definition) is 0. The fraction of sp³-hybridized carbons (Fsp3) is 0.0323. The zero-order valence-electron chi connectivity index (χ0n) is 19.2. The molecule has 0 fully saturated rings. The summed E-state index contributed by atoms with van der Waals surface area (Å²) in [6.07, 6.45) is 3.63. The van der Waals surface area contributed by atoms with E-state index in [2.05, 4.69) is 58.5 Å². The first-order valence-electron chi connectivity index (χ1n) is 11.0. The molecule has 5 heteroatoms. The summed E-state index contributed by atoms with van der Waals surface area (Å²) in [6.45, 7) is 0.541. The molecule has 0 aliphatic carbocycles. The number of hydrogen-bond acceptors (Lipinski definition) is 3. The molecule has 1 aliphatic rings. The molecule has 2 aromatic heterocycles. The van der Waals surface area contributed by atoms with Crippen LogP contribution in [0.15, 0.2) is 97.3 Å². The molecule has 174 valence electrons. The van der Waals surface area contributed by atoms with Crippen molar-refractivity contribution in [3.8, 4) is 28.1 Å². The van der Waals surface area contributed by atoms with E-state index in [9.17, 15) is 0 Å². The van der Waals surface area contributed by atoms with Gasteiger partial charge in [0.1, 0.15) is 0 Å². The quantitative estimate of drug-likeness (QED) is 0.138. The molecule has 0 atom stereocenters. The van der Waals surface area contributed by atoms with E-state index in [4.69, 9.17) is 4.74 Å². The normalized spacial score (nSPS) is 11.0. The third-order valence-electron chi connectivity index (χ3n) is 5.74. The van der Waals surface area contributed by atoms with Crippen molar-refractivity contribution in [2.75, 3.05) is 0 Å². The minimum absolute atomic E-state index is 0. The Morgan fingerprint density at radius 2 is 1.53 bits per heavy atom. The van der Waals surface area contributed by atoms with Gasteiger partial charge in [0.25, 0.3) is 0 Å². The number of nitrogens with zero attached hydrogens (tertiary/aromatic N) is 2. The molecule has 0 saturated carbocycles. The third kappa shape index (κ3) is 5.33. The van der Waals surface area contributed by atoms with Gasteiger partial charge in [0.05, 0.1) is 12.4 Å². The van der Waals surface area contributed by atoms with E-state index in [0.717, 1.165) is 38.9 Å². The second-order valence-electron chi connectivity index (χ2n) is 7.88. The van der Waals surface area contributed by atoms with Crippen molar-refractivity contribution in [2.24, 2.45) is 0 Å². The van der Waals surface area contributed by atoms with Crippen LogP contribution in [0.2, 0.25) is 0 Å². The van der Waals surface area contributed by atoms with Crippen molar-refractivity contribution in [3.63, 3.8) is 0 Å². The molecular weight excluding hydrogens is 697 g/mol. The van der Waals surface area contributed by atoms with E-state index in [1.807, 2.05) is 73.1 Å². The van der Waals surface area contributed by atoms with E-state index in [-0.39, 0.29) is 52.8 Å². The molecule has 0 amide bonds. The Morgan fingerprint density at radius 3 is 2.42 bits per heavy atom. The first-order chi connectivity index (χ1) is 16.9. The Kier molecular flexibility index (Phi) is 8.77. The Balaban J connectivity index is 0.000000169. The molecule has 6 aromatic rings. The van der Waals surface area contributed by atoms with Gasteiger partial charge in [-0.25, -0.2) is 11.1 Å². The topological polar surface area (TPSA) is 35.0 Å². The predicted octanol–water partition coefficient (Wildman–Crippen LogP) is 6.89. The van der Waals surface area contributed by atoms with Crippen molar-refractivity contribution in [2.45, 2.75) is 6.61 Å². The second-order valence-corrected chi connectivity index (χ2v) is 7.88. The molecule has 3 nitrogen and oxygen atoms in total. The van der Waals surface area contributed by atoms with Crippen LogP contribution in [0.4, 0.5) is 0 Å². The van der Waals surface area contributed by atoms with Gasteiger partial charge >= 0.3 is 0 Å². The first-order valence-corrected chi connectivity index (χ1v) is 11.0. The standard InChI is InChI=1S/C18H10NO.C13H8N.Ir.Y/c1-2-6-13(7-3-1)15-10-17-18(19-11-15)16-9-5-4-8-14(16)12-20-17;1-2-6-12-10(4-1)7-8-11-5-3-9-14-13(11)12;;/h1-6,8,11H,12H2;1-5,7-9H;;/q-3;-1;;. The van der Waals surface area contributed by atoms with Crippen LogP contribution >= 0.6 is 0 Å². The number of ether oxygens (including phenoxy) is 1. The van der Waals surface area contributed by atoms with Crippen LogP contribution in [0.25, 0.3) is 44.1 Å². The summed E-state index contributed by atoms with van der Waals surface area (Å²) in [5.41, 5.74) is 5.82. The summed E-state index contributed by atoms with van der Waals surface area (Å²) in [7, 11) is 0. The first kappa shape index (κ1) is 26.3. The minimum Gasteiger partial charge on any atom is -0.516 e.